The largest absolute Gasteiger partial charge is 0.416 e. The van der Waals surface area contributed by atoms with Gasteiger partial charge in [-0.25, -0.2) is 14.0 Å². The quantitative estimate of drug-likeness (QED) is 0.419. The van der Waals surface area contributed by atoms with Gasteiger partial charge in [0.05, 0.1) is 17.2 Å². The van der Waals surface area contributed by atoms with E-state index in [2.05, 4.69) is 5.32 Å². The molecule has 246 valence electrons. The van der Waals surface area contributed by atoms with Gasteiger partial charge in [0.1, 0.15) is 5.82 Å². The summed E-state index contributed by atoms with van der Waals surface area (Å²) in [6, 6.07) is 4.22. The van der Waals surface area contributed by atoms with Gasteiger partial charge in [-0.1, -0.05) is 12.1 Å². The number of nitrogens with one attached hydrogen (secondary N) is 1. The van der Waals surface area contributed by atoms with Gasteiger partial charge < -0.3 is 20.0 Å². The number of nitrogens with zero attached hydrogens (tertiary/aromatic N) is 4. The number of amides is 5. The third kappa shape index (κ3) is 7.61. The average Bonchev–Trinajstić information content (AvgIpc) is 3.41. The summed E-state index contributed by atoms with van der Waals surface area (Å²) < 4.78 is 94.6. The minimum Gasteiger partial charge on any atom is -0.343 e. The number of anilines is 1. The zero-order valence-electron chi connectivity index (χ0n) is 25.1. The van der Waals surface area contributed by atoms with Crippen LogP contribution in [0.15, 0.2) is 42.5 Å². The molecule has 2 aromatic rings. The van der Waals surface area contributed by atoms with Crippen LogP contribution in [-0.4, -0.2) is 84.5 Å². The lowest BCUT2D eigenvalue weighted by atomic mass is 9.89. The Morgan fingerprint density at radius 2 is 1.40 bits per heavy atom. The van der Waals surface area contributed by atoms with E-state index in [0.717, 1.165) is 7.05 Å². The number of hydrogen-bond donors (Lipinski definition) is 1. The molecule has 0 saturated carbocycles. The first-order chi connectivity index (χ1) is 20.8. The van der Waals surface area contributed by atoms with Gasteiger partial charge in [0.15, 0.2) is 0 Å². The van der Waals surface area contributed by atoms with E-state index in [-0.39, 0.29) is 25.1 Å². The third-order valence-electron chi connectivity index (χ3n) is 8.64. The van der Waals surface area contributed by atoms with E-state index in [1.807, 2.05) is 6.92 Å². The van der Waals surface area contributed by atoms with Crippen LogP contribution in [0, 0.1) is 5.82 Å². The molecule has 0 bridgehead atoms. The van der Waals surface area contributed by atoms with Gasteiger partial charge in [-0.15, -0.1) is 0 Å². The Labute approximate surface area is 255 Å². The number of piperidine rings is 1. The van der Waals surface area contributed by atoms with Crippen molar-refractivity contribution in [2.24, 2.45) is 0 Å². The number of urea groups is 2. The molecule has 45 heavy (non-hydrogen) atoms. The van der Waals surface area contributed by atoms with Crippen molar-refractivity contribution >= 4 is 23.7 Å². The average molecular weight is 646 g/mol. The molecule has 2 heterocycles. The molecule has 15 heteroatoms. The van der Waals surface area contributed by atoms with Gasteiger partial charge in [0.2, 0.25) is 5.91 Å². The highest BCUT2D eigenvalue weighted by Gasteiger charge is 2.43. The summed E-state index contributed by atoms with van der Waals surface area (Å²) in [5, 5.41) is 3.02. The Morgan fingerprint density at radius 1 is 0.867 bits per heavy atom. The van der Waals surface area contributed by atoms with Crippen molar-refractivity contribution in [3.8, 4) is 0 Å². The van der Waals surface area contributed by atoms with E-state index in [1.54, 1.807) is 4.90 Å². The maximum absolute atomic E-state index is 13.7. The first kappa shape index (κ1) is 33.8. The van der Waals surface area contributed by atoms with E-state index in [1.165, 1.54) is 48.0 Å². The zero-order chi connectivity index (χ0) is 33.5. The number of likely N-dealkylation sites (tertiary alicyclic amines) is 2. The van der Waals surface area contributed by atoms with Crippen LogP contribution in [0.1, 0.15) is 49.3 Å². The molecule has 0 aromatic heterocycles. The number of carbonyl (C=O) groups excluding carboxylic acids is 3. The van der Waals surface area contributed by atoms with Gasteiger partial charge in [-0.2, -0.15) is 26.3 Å². The fraction of sp³-hybridized carbons (Fsp3) is 0.500. The van der Waals surface area contributed by atoms with Crippen LogP contribution in [0.25, 0.3) is 0 Å². The summed E-state index contributed by atoms with van der Waals surface area (Å²) in [6.07, 6.45) is -9.18. The fourth-order valence-corrected chi connectivity index (χ4v) is 5.78. The van der Waals surface area contributed by atoms with Crippen LogP contribution >= 0.6 is 0 Å². The first-order valence-electron chi connectivity index (χ1n) is 14.2. The van der Waals surface area contributed by atoms with Gasteiger partial charge in [0.25, 0.3) is 0 Å². The highest BCUT2D eigenvalue weighted by Crippen LogP contribution is 2.39. The Morgan fingerprint density at radius 3 is 1.89 bits per heavy atom. The fourth-order valence-electron chi connectivity index (χ4n) is 5.78. The normalized spacial score (nSPS) is 20.2. The van der Waals surface area contributed by atoms with Crippen LogP contribution in [0.3, 0.4) is 0 Å². The summed E-state index contributed by atoms with van der Waals surface area (Å²) in [5.74, 6) is -1.13. The molecule has 0 unspecified atom stereocenters. The van der Waals surface area contributed by atoms with Crippen molar-refractivity contribution in [1.82, 2.24) is 20.0 Å². The van der Waals surface area contributed by atoms with Crippen molar-refractivity contribution < 1.29 is 45.1 Å². The number of hydrogen-bond acceptors (Lipinski definition) is 3. The smallest absolute Gasteiger partial charge is 0.343 e. The summed E-state index contributed by atoms with van der Waals surface area (Å²) in [7, 11) is 2.41. The van der Waals surface area contributed by atoms with Gasteiger partial charge in [-0.05, 0) is 55.7 Å². The molecule has 2 atom stereocenters. The zero-order valence-corrected chi connectivity index (χ0v) is 25.1. The van der Waals surface area contributed by atoms with Gasteiger partial charge >= 0.3 is 24.4 Å². The number of likely N-dealkylation sites (N-methyl/N-ethyl adjacent to an activating group) is 1. The number of benzene rings is 2. The molecule has 2 aliphatic rings. The van der Waals surface area contributed by atoms with Crippen LogP contribution in [0.4, 0.5) is 46.0 Å². The second kappa shape index (κ2) is 12.4. The second-order valence-electron chi connectivity index (χ2n) is 11.8. The van der Waals surface area contributed by atoms with E-state index >= 15 is 0 Å². The molecule has 0 radical (unpaired) electrons. The topological polar surface area (TPSA) is 76.2 Å². The third-order valence-corrected chi connectivity index (χ3v) is 8.64. The SMILES string of the molecule is CC(=O)N1CCC(C)(NC(=O)N2C[C@@H](N(C)C(=O)N(C)c3cc(C(F)(F)F)cc(C(F)(F)F)c3)[C@H](c3ccc(F)cc3)C2)CC1. The molecule has 0 spiro atoms. The molecule has 2 aliphatic heterocycles. The van der Waals surface area contributed by atoms with Crippen molar-refractivity contribution in [2.45, 2.75) is 56.5 Å². The van der Waals surface area contributed by atoms with Crippen LogP contribution in [0.2, 0.25) is 0 Å². The molecule has 4 rings (SSSR count). The number of rotatable bonds is 4. The van der Waals surface area contributed by atoms with Gasteiger partial charge in [-0.3, -0.25) is 9.69 Å². The summed E-state index contributed by atoms with van der Waals surface area (Å²) >= 11 is 0. The molecule has 2 aromatic carbocycles. The van der Waals surface area contributed by atoms with Crippen molar-refractivity contribution in [2.75, 3.05) is 45.2 Å². The van der Waals surface area contributed by atoms with Gasteiger partial charge in [0, 0.05) is 64.3 Å². The maximum atomic E-state index is 13.7. The summed E-state index contributed by atoms with van der Waals surface area (Å²) in [6.45, 7) is 4.34. The molecule has 2 saturated heterocycles. The number of alkyl halides is 6. The van der Waals surface area contributed by atoms with Crippen LogP contribution in [-0.2, 0) is 17.1 Å². The lowest BCUT2D eigenvalue weighted by Crippen LogP contribution is -2.57. The minimum absolute atomic E-state index is 0.0179. The molecular formula is C30H34F7N5O3. The molecule has 8 nitrogen and oxygen atoms in total. The number of halogens is 7. The standard InChI is InChI=1S/C30H34F7N5O3/c1-18(43)41-11-9-28(2,10-12-41)38-26(44)42-16-24(19-5-7-22(31)8-6-19)25(17-42)40(4)27(45)39(3)23-14-20(29(32,33)34)13-21(15-23)30(35,36)37/h5-8,13-15,24-25H,9-12,16-17H2,1-4H3,(H,38,44)/t24-,25+/m0/s1. The van der Waals surface area contributed by atoms with E-state index in [9.17, 15) is 45.1 Å². The second-order valence-corrected chi connectivity index (χ2v) is 11.8. The predicted molar refractivity (Wildman–Crippen MR) is 151 cm³/mol. The molecule has 0 aliphatic carbocycles. The van der Waals surface area contributed by atoms with Crippen LogP contribution < -0.4 is 10.2 Å². The van der Waals surface area contributed by atoms with Crippen LogP contribution in [0.5, 0.6) is 0 Å². The lowest BCUT2D eigenvalue weighted by Gasteiger charge is -2.40. The van der Waals surface area contributed by atoms with E-state index in [4.69, 9.17) is 0 Å². The first-order valence-corrected chi connectivity index (χ1v) is 14.2. The summed E-state index contributed by atoms with van der Waals surface area (Å²) in [4.78, 5) is 43.8. The molecule has 5 amide bonds. The Hall–Kier alpha value is -4.04. The number of carbonyl (C=O) groups is 3. The van der Waals surface area contributed by atoms with E-state index < -0.39 is 64.5 Å². The van der Waals surface area contributed by atoms with E-state index in [0.29, 0.717) is 48.5 Å². The van der Waals surface area contributed by atoms with Crippen molar-refractivity contribution in [3.05, 3.63) is 65.0 Å². The maximum Gasteiger partial charge on any atom is 0.416 e. The molecule has 2 fully saturated rings. The lowest BCUT2D eigenvalue weighted by molar-refractivity contribution is -0.143. The monoisotopic (exact) mass is 645 g/mol. The summed E-state index contributed by atoms with van der Waals surface area (Å²) in [5.41, 5.74) is -3.79. The highest BCUT2D eigenvalue weighted by atomic mass is 19.4. The Bertz CT molecular complexity index is 1390. The molecular weight excluding hydrogens is 611 g/mol. The van der Waals surface area contributed by atoms with Crippen molar-refractivity contribution in [1.29, 1.82) is 0 Å². The minimum atomic E-state index is -5.10. The van der Waals surface area contributed by atoms with Crippen molar-refractivity contribution in [3.63, 3.8) is 0 Å². The Balaban J connectivity index is 1.59. The Kier molecular flexibility index (Phi) is 9.32. The predicted octanol–water partition coefficient (Wildman–Crippen LogP) is 5.93. The molecule has 1 N–H and O–H groups in total. The highest BCUT2D eigenvalue weighted by molar-refractivity contribution is 5.92.